The zero-order valence-electron chi connectivity index (χ0n) is 7.47. The minimum absolute atomic E-state index is 0.152. The first-order chi connectivity index (χ1) is 6.77. The van der Waals surface area contributed by atoms with Crippen molar-refractivity contribution in [1.29, 1.82) is 0 Å². The zero-order chi connectivity index (χ0) is 9.97. The summed E-state index contributed by atoms with van der Waals surface area (Å²) >= 11 is 1.84. The summed E-state index contributed by atoms with van der Waals surface area (Å²) in [5, 5.41) is 13.7. The molecule has 1 fully saturated rings. The van der Waals surface area contributed by atoms with Gasteiger partial charge in [0.1, 0.15) is 0 Å². The molecule has 14 heavy (non-hydrogen) atoms. The molecular formula is C9H10N2O2S. The van der Waals surface area contributed by atoms with E-state index < -0.39 is 0 Å². The highest BCUT2D eigenvalue weighted by atomic mass is 32.2. The van der Waals surface area contributed by atoms with E-state index in [1.807, 2.05) is 23.9 Å². The molecule has 4 nitrogen and oxygen atoms in total. The molecule has 1 aliphatic heterocycles. The Balaban J connectivity index is 2.16. The Labute approximate surface area is 85.8 Å². The maximum Gasteiger partial charge on any atom is 0.269 e. The van der Waals surface area contributed by atoms with E-state index in [9.17, 15) is 10.1 Å². The molecule has 2 rings (SSSR count). The van der Waals surface area contributed by atoms with Gasteiger partial charge >= 0.3 is 0 Å². The van der Waals surface area contributed by atoms with Crippen LogP contribution in [0.25, 0.3) is 0 Å². The van der Waals surface area contributed by atoms with E-state index in [0.717, 1.165) is 17.2 Å². The lowest BCUT2D eigenvalue weighted by atomic mass is 10.1. The van der Waals surface area contributed by atoms with Gasteiger partial charge in [-0.25, -0.2) is 0 Å². The summed E-state index contributed by atoms with van der Waals surface area (Å²) in [6, 6.07) is 7.10. The third kappa shape index (κ3) is 1.88. The van der Waals surface area contributed by atoms with Gasteiger partial charge in [-0.3, -0.25) is 10.1 Å². The second-order valence-corrected chi connectivity index (χ2v) is 4.15. The summed E-state index contributed by atoms with van der Waals surface area (Å²) in [5.74, 6) is 2.00. The van der Waals surface area contributed by atoms with E-state index in [-0.39, 0.29) is 10.6 Å². The molecule has 0 amide bonds. The number of benzene rings is 1. The first-order valence-corrected chi connectivity index (χ1v) is 5.48. The number of non-ortho nitro benzene ring substituents is 1. The van der Waals surface area contributed by atoms with Crippen molar-refractivity contribution < 1.29 is 4.92 Å². The molecule has 0 radical (unpaired) electrons. The van der Waals surface area contributed by atoms with Crippen molar-refractivity contribution in [3.05, 3.63) is 39.9 Å². The monoisotopic (exact) mass is 210 g/mol. The summed E-state index contributed by atoms with van der Waals surface area (Å²) < 4.78 is 0. The molecule has 1 aromatic rings. The summed E-state index contributed by atoms with van der Waals surface area (Å²) in [4.78, 5) is 10.0. The van der Waals surface area contributed by atoms with Crippen molar-refractivity contribution in [2.24, 2.45) is 0 Å². The lowest BCUT2D eigenvalue weighted by Crippen LogP contribution is -2.14. The number of nitro benzene ring substituents is 1. The number of hydrogen-bond donors (Lipinski definition) is 1. The van der Waals surface area contributed by atoms with Crippen LogP contribution in [0, 0.1) is 10.1 Å². The molecular weight excluding hydrogens is 200 g/mol. The Hall–Kier alpha value is -1.07. The fourth-order valence-electron chi connectivity index (χ4n) is 1.44. The molecule has 0 aliphatic carbocycles. The molecule has 1 atom stereocenters. The highest BCUT2D eigenvalue weighted by Crippen LogP contribution is 2.25. The van der Waals surface area contributed by atoms with Crippen LogP contribution >= 0.6 is 11.8 Å². The maximum atomic E-state index is 10.4. The second-order valence-electron chi connectivity index (χ2n) is 3.12. The molecule has 0 spiro atoms. The van der Waals surface area contributed by atoms with E-state index in [2.05, 4.69) is 5.32 Å². The number of hydrogen-bond acceptors (Lipinski definition) is 4. The van der Waals surface area contributed by atoms with E-state index in [4.69, 9.17) is 0 Å². The van der Waals surface area contributed by atoms with Crippen molar-refractivity contribution in [3.63, 3.8) is 0 Å². The molecule has 1 unspecified atom stereocenters. The third-order valence-corrected chi connectivity index (χ3v) is 3.16. The highest BCUT2D eigenvalue weighted by molar-refractivity contribution is 7.99. The van der Waals surface area contributed by atoms with Gasteiger partial charge in [-0.15, -0.1) is 11.8 Å². The van der Waals surface area contributed by atoms with Gasteiger partial charge in [0.05, 0.1) is 4.92 Å². The van der Waals surface area contributed by atoms with Gasteiger partial charge in [0.15, 0.2) is 0 Å². The van der Waals surface area contributed by atoms with Gasteiger partial charge in [-0.1, -0.05) is 12.1 Å². The van der Waals surface area contributed by atoms with E-state index in [1.165, 1.54) is 0 Å². The van der Waals surface area contributed by atoms with Crippen molar-refractivity contribution in [3.8, 4) is 0 Å². The van der Waals surface area contributed by atoms with Gasteiger partial charge in [0, 0.05) is 29.8 Å². The molecule has 1 N–H and O–H groups in total. The maximum absolute atomic E-state index is 10.4. The molecule has 1 aromatic carbocycles. The summed E-state index contributed by atoms with van der Waals surface area (Å²) in [6.45, 7) is 0. The molecule has 1 saturated heterocycles. The third-order valence-electron chi connectivity index (χ3n) is 2.22. The van der Waals surface area contributed by atoms with Crippen molar-refractivity contribution >= 4 is 17.4 Å². The topological polar surface area (TPSA) is 55.2 Å². The Morgan fingerprint density at radius 1 is 1.43 bits per heavy atom. The molecule has 74 valence electrons. The van der Waals surface area contributed by atoms with E-state index in [1.54, 1.807) is 12.1 Å². The van der Waals surface area contributed by atoms with Gasteiger partial charge in [0.2, 0.25) is 0 Å². The summed E-state index contributed by atoms with van der Waals surface area (Å²) in [7, 11) is 0. The minimum atomic E-state index is -0.374. The smallest absolute Gasteiger partial charge is 0.269 e. The van der Waals surface area contributed by atoms with Gasteiger partial charge in [0.25, 0.3) is 5.69 Å². The highest BCUT2D eigenvalue weighted by Gasteiger charge is 2.17. The molecule has 1 aliphatic rings. The predicted molar refractivity (Wildman–Crippen MR) is 56.3 cm³/mol. The molecule has 0 aromatic heterocycles. The van der Waals surface area contributed by atoms with Crippen LogP contribution in [0.5, 0.6) is 0 Å². The van der Waals surface area contributed by atoms with Crippen LogP contribution in [0.4, 0.5) is 5.69 Å². The summed E-state index contributed by atoms with van der Waals surface area (Å²) in [6.07, 6.45) is 0. The first-order valence-electron chi connectivity index (χ1n) is 4.33. The van der Waals surface area contributed by atoms with Crippen LogP contribution in [-0.2, 0) is 0 Å². The van der Waals surface area contributed by atoms with Crippen LogP contribution in [0.15, 0.2) is 24.3 Å². The van der Waals surface area contributed by atoms with Gasteiger partial charge in [-0.05, 0) is 5.56 Å². The van der Waals surface area contributed by atoms with Crippen LogP contribution in [0.3, 0.4) is 0 Å². The number of nitrogens with zero attached hydrogens (tertiary/aromatic N) is 1. The molecule has 5 heteroatoms. The number of nitro groups is 1. The zero-order valence-corrected chi connectivity index (χ0v) is 8.29. The largest absolute Gasteiger partial charge is 0.300 e. The average molecular weight is 210 g/mol. The summed E-state index contributed by atoms with van der Waals surface area (Å²) in [5.41, 5.74) is 1.28. The van der Waals surface area contributed by atoms with Crippen molar-refractivity contribution in [2.45, 2.75) is 6.04 Å². The SMILES string of the molecule is O=[N+]([O-])c1ccc(C2CSCN2)cc1. The Bertz CT molecular complexity index is 333. The van der Waals surface area contributed by atoms with E-state index >= 15 is 0 Å². The number of rotatable bonds is 2. The minimum Gasteiger partial charge on any atom is -0.300 e. The first kappa shape index (κ1) is 9.48. The lowest BCUT2D eigenvalue weighted by molar-refractivity contribution is -0.384. The van der Waals surface area contributed by atoms with Crippen LogP contribution in [0.2, 0.25) is 0 Å². The van der Waals surface area contributed by atoms with E-state index in [0.29, 0.717) is 6.04 Å². The Morgan fingerprint density at radius 3 is 2.64 bits per heavy atom. The number of nitrogens with one attached hydrogen (secondary N) is 1. The van der Waals surface area contributed by atoms with Crippen LogP contribution in [0.1, 0.15) is 11.6 Å². The molecule has 0 bridgehead atoms. The normalized spacial score (nSPS) is 21.0. The fraction of sp³-hybridized carbons (Fsp3) is 0.333. The fourth-order valence-corrected chi connectivity index (χ4v) is 2.42. The van der Waals surface area contributed by atoms with Gasteiger partial charge < -0.3 is 5.32 Å². The quantitative estimate of drug-likeness (QED) is 0.598. The standard InChI is InChI=1S/C9H10N2O2S/c12-11(13)8-3-1-7(2-4-8)9-5-14-6-10-9/h1-4,9-10H,5-6H2. The van der Waals surface area contributed by atoms with Crippen LogP contribution in [-0.4, -0.2) is 16.6 Å². The van der Waals surface area contributed by atoms with Gasteiger partial charge in [-0.2, -0.15) is 0 Å². The molecule has 1 heterocycles. The average Bonchev–Trinajstić information content (AvgIpc) is 2.71. The predicted octanol–water partition coefficient (Wildman–Crippen LogP) is 1.93. The molecule has 0 saturated carbocycles. The van der Waals surface area contributed by atoms with Crippen molar-refractivity contribution in [2.75, 3.05) is 11.6 Å². The number of thioether (sulfide) groups is 1. The Morgan fingerprint density at radius 2 is 2.14 bits per heavy atom. The van der Waals surface area contributed by atoms with Crippen LogP contribution < -0.4 is 5.32 Å². The Kier molecular flexibility index (Phi) is 2.69. The lowest BCUT2D eigenvalue weighted by Gasteiger charge is -2.08. The van der Waals surface area contributed by atoms with Crippen molar-refractivity contribution in [1.82, 2.24) is 5.32 Å². The second kappa shape index (κ2) is 3.98.